The molecule has 0 saturated carbocycles. The van der Waals surface area contributed by atoms with Gasteiger partial charge in [-0.1, -0.05) is 6.07 Å². The SMILES string of the molecule is Cc1cc(=O)c(C(=O)NCCC(=O)OC(C)C)nn1-c1cccc(C(F)(F)F)c1. The largest absolute Gasteiger partial charge is 0.463 e. The quantitative estimate of drug-likeness (QED) is 0.738. The van der Waals surface area contributed by atoms with Crippen molar-refractivity contribution in [1.29, 1.82) is 0 Å². The van der Waals surface area contributed by atoms with E-state index in [2.05, 4.69) is 10.4 Å². The van der Waals surface area contributed by atoms with Gasteiger partial charge in [-0.25, -0.2) is 4.68 Å². The van der Waals surface area contributed by atoms with E-state index in [-0.39, 0.29) is 30.5 Å². The minimum absolute atomic E-state index is 0.0480. The number of aryl methyl sites for hydroxylation is 1. The van der Waals surface area contributed by atoms with Crippen LogP contribution in [-0.4, -0.2) is 34.3 Å². The highest BCUT2D eigenvalue weighted by Gasteiger charge is 2.30. The van der Waals surface area contributed by atoms with Crippen molar-refractivity contribution in [3.63, 3.8) is 0 Å². The molecule has 0 aliphatic heterocycles. The Morgan fingerprint density at radius 1 is 1.24 bits per heavy atom. The van der Waals surface area contributed by atoms with Crippen LogP contribution in [0.1, 0.15) is 42.0 Å². The second-order valence-corrected chi connectivity index (χ2v) is 6.50. The summed E-state index contributed by atoms with van der Waals surface area (Å²) >= 11 is 0. The van der Waals surface area contributed by atoms with Crippen molar-refractivity contribution in [2.24, 2.45) is 0 Å². The molecule has 2 aromatic rings. The third-order valence-corrected chi connectivity index (χ3v) is 3.72. The van der Waals surface area contributed by atoms with Crippen LogP contribution in [0.4, 0.5) is 13.2 Å². The van der Waals surface area contributed by atoms with Crippen LogP contribution in [-0.2, 0) is 15.7 Å². The van der Waals surface area contributed by atoms with E-state index in [1.54, 1.807) is 13.8 Å². The van der Waals surface area contributed by atoms with Gasteiger partial charge in [0.05, 0.1) is 23.8 Å². The van der Waals surface area contributed by atoms with E-state index in [4.69, 9.17) is 4.74 Å². The third kappa shape index (κ3) is 5.90. The molecular formula is C19H20F3N3O4. The summed E-state index contributed by atoms with van der Waals surface area (Å²) < 4.78 is 44.9. The number of nitrogens with one attached hydrogen (secondary N) is 1. The molecule has 1 aromatic heterocycles. The lowest BCUT2D eigenvalue weighted by molar-refractivity contribution is -0.147. The Kier molecular flexibility index (Phi) is 6.78. The number of amides is 1. The predicted molar refractivity (Wildman–Crippen MR) is 97.8 cm³/mol. The number of rotatable bonds is 6. The summed E-state index contributed by atoms with van der Waals surface area (Å²) in [6, 6.07) is 5.47. The summed E-state index contributed by atoms with van der Waals surface area (Å²) in [6.07, 6.45) is -4.94. The minimum atomic E-state index is -4.55. The van der Waals surface area contributed by atoms with Gasteiger partial charge in [0.15, 0.2) is 5.69 Å². The number of aromatic nitrogens is 2. The lowest BCUT2D eigenvalue weighted by Gasteiger charge is -2.13. The summed E-state index contributed by atoms with van der Waals surface area (Å²) in [4.78, 5) is 35.9. The number of benzene rings is 1. The highest BCUT2D eigenvalue weighted by molar-refractivity contribution is 5.92. The van der Waals surface area contributed by atoms with E-state index in [1.807, 2.05) is 0 Å². The Labute approximate surface area is 164 Å². The summed E-state index contributed by atoms with van der Waals surface area (Å²) in [7, 11) is 0. The average molecular weight is 411 g/mol. The first-order valence-corrected chi connectivity index (χ1v) is 8.75. The van der Waals surface area contributed by atoms with Gasteiger partial charge >= 0.3 is 12.1 Å². The van der Waals surface area contributed by atoms with Crippen molar-refractivity contribution in [1.82, 2.24) is 15.1 Å². The molecular weight excluding hydrogens is 391 g/mol. The van der Waals surface area contributed by atoms with E-state index in [0.717, 1.165) is 22.9 Å². The van der Waals surface area contributed by atoms with E-state index in [9.17, 15) is 27.6 Å². The van der Waals surface area contributed by atoms with Gasteiger partial charge in [0.2, 0.25) is 5.43 Å². The van der Waals surface area contributed by atoms with Gasteiger partial charge < -0.3 is 10.1 Å². The van der Waals surface area contributed by atoms with Gasteiger partial charge in [-0.05, 0) is 39.0 Å². The van der Waals surface area contributed by atoms with Crippen LogP contribution in [0.25, 0.3) is 5.69 Å². The van der Waals surface area contributed by atoms with Crippen LogP contribution in [0.15, 0.2) is 35.1 Å². The maximum Gasteiger partial charge on any atom is 0.416 e. The number of ether oxygens (including phenoxy) is 1. The number of esters is 1. The second kappa shape index (κ2) is 8.89. The molecule has 0 spiro atoms. The number of alkyl halides is 3. The fourth-order valence-corrected chi connectivity index (χ4v) is 2.46. The van der Waals surface area contributed by atoms with Crippen molar-refractivity contribution >= 4 is 11.9 Å². The molecule has 0 fully saturated rings. The molecule has 0 atom stereocenters. The molecule has 0 radical (unpaired) electrons. The van der Waals surface area contributed by atoms with Crippen LogP contribution < -0.4 is 10.7 Å². The van der Waals surface area contributed by atoms with Crippen molar-refractivity contribution in [3.05, 3.63) is 57.5 Å². The number of hydrogen-bond acceptors (Lipinski definition) is 5. The smallest absolute Gasteiger partial charge is 0.416 e. The second-order valence-electron chi connectivity index (χ2n) is 6.50. The van der Waals surface area contributed by atoms with Gasteiger partial charge in [-0.3, -0.25) is 14.4 Å². The molecule has 0 unspecified atom stereocenters. The number of carbonyl (C=O) groups excluding carboxylic acids is 2. The third-order valence-electron chi connectivity index (χ3n) is 3.72. The van der Waals surface area contributed by atoms with Crippen LogP contribution in [0.2, 0.25) is 0 Å². The number of nitrogens with zero attached hydrogens (tertiary/aromatic N) is 2. The Balaban J connectivity index is 2.24. The molecule has 0 aliphatic rings. The lowest BCUT2D eigenvalue weighted by atomic mass is 10.2. The fraction of sp³-hybridized carbons (Fsp3) is 0.368. The molecule has 0 aliphatic carbocycles. The van der Waals surface area contributed by atoms with Crippen LogP contribution >= 0.6 is 0 Å². The molecule has 1 N–H and O–H groups in total. The summed E-state index contributed by atoms with van der Waals surface area (Å²) in [5, 5.41) is 6.30. The summed E-state index contributed by atoms with van der Waals surface area (Å²) in [5.41, 5.74) is -1.76. The van der Waals surface area contributed by atoms with E-state index in [0.29, 0.717) is 0 Å². The Morgan fingerprint density at radius 3 is 2.55 bits per heavy atom. The zero-order valence-corrected chi connectivity index (χ0v) is 16.0. The highest BCUT2D eigenvalue weighted by Crippen LogP contribution is 2.30. The molecule has 0 bridgehead atoms. The normalized spacial score (nSPS) is 11.4. The number of halogens is 3. The van der Waals surface area contributed by atoms with Gasteiger partial charge in [-0.15, -0.1) is 0 Å². The number of hydrogen-bond donors (Lipinski definition) is 1. The number of carbonyl (C=O) groups is 2. The molecule has 0 saturated heterocycles. The molecule has 10 heteroatoms. The zero-order chi connectivity index (χ0) is 21.8. The first-order chi connectivity index (χ1) is 13.5. The zero-order valence-electron chi connectivity index (χ0n) is 16.0. The lowest BCUT2D eigenvalue weighted by Crippen LogP contribution is -2.33. The Bertz CT molecular complexity index is 968. The van der Waals surface area contributed by atoms with Crippen molar-refractivity contribution in [3.8, 4) is 5.69 Å². The molecule has 1 heterocycles. The molecule has 29 heavy (non-hydrogen) atoms. The van der Waals surface area contributed by atoms with Crippen molar-refractivity contribution in [2.45, 2.75) is 39.5 Å². The highest BCUT2D eigenvalue weighted by atomic mass is 19.4. The Hall–Kier alpha value is -3.17. The predicted octanol–water partition coefficient (Wildman–Crippen LogP) is 2.63. The first kappa shape index (κ1) is 22.1. The van der Waals surface area contributed by atoms with Gasteiger partial charge in [0.1, 0.15) is 0 Å². The maximum atomic E-state index is 13.0. The topological polar surface area (TPSA) is 90.3 Å². The van der Waals surface area contributed by atoms with Crippen LogP contribution in [0.5, 0.6) is 0 Å². The standard InChI is InChI=1S/C19H20F3N3O4/c1-11(2)29-16(27)7-8-23-18(28)17-15(26)9-12(3)25(24-17)14-6-4-5-13(10-14)19(20,21)22/h4-6,9-11H,7-8H2,1-3H3,(H,23,28). The maximum absolute atomic E-state index is 13.0. The first-order valence-electron chi connectivity index (χ1n) is 8.75. The molecule has 2 rings (SSSR count). The fourth-order valence-electron chi connectivity index (χ4n) is 2.46. The molecule has 156 valence electrons. The average Bonchev–Trinajstić information content (AvgIpc) is 2.60. The van der Waals surface area contributed by atoms with Gasteiger partial charge in [-0.2, -0.15) is 18.3 Å². The molecule has 1 amide bonds. The van der Waals surface area contributed by atoms with Crippen molar-refractivity contribution < 1.29 is 27.5 Å². The van der Waals surface area contributed by atoms with Crippen LogP contribution in [0.3, 0.4) is 0 Å². The Morgan fingerprint density at radius 2 is 1.93 bits per heavy atom. The van der Waals surface area contributed by atoms with E-state index in [1.165, 1.54) is 19.1 Å². The molecule has 7 nitrogen and oxygen atoms in total. The van der Waals surface area contributed by atoms with Gasteiger partial charge in [0, 0.05) is 18.3 Å². The minimum Gasteiger partial charge on any atom is -0.463 e. The summed E-state index contributed by atoms with van der Waals surface area (Å²) in [6.45, 7) is 4.77. The monoisotopic (exact) mass is 411 g/mol. The van der Waals surface area contributed by atoms with Crippen LogP contribution in [0, 0.1) is 6.92 Å². The van der Waals surface area contributed by atoms with Crippen molar-refractivity contribution in [2.75, 3.05) is 6.54 Å². The molecule has 1 aromatic carbocycles. The summed E-state index contributed by atoms with van der Waals surface area (Å²) in [5.74, 6) is -1.35. The van der Waals surface area contributed by atoms with E-state index >= 15 is 0 Å². The van der Waals surface area contributed by atoms with Gasteiger partial charge in [0.25, 0.3) is 5.91 Å². The van der Waals surface area contributed by atoms with E-state index < -0.39 is 34.7 Å².